The van der Waals surface area contributed by atoms with Crippen molar-refractivity contribution in [3.63, 3.8) is 0 Å². The van der Waals surface area contributed by atoms with Crippen LogP contribution in [-0.4, -0.2) is 37.0 Å². The normalized spacial score (nSPS) is 19.4. The van der Waals surface area contributed by atoms with E-state index in [1.807, 2.05) is 0 Å². The summed E-state index contributed by atoms with van der Waals surface area (Å²) in [7, 11) is 0. The molecule has 3 N–H and O–H groups in total. The molecule has 0 saturated carbocycles. The van der Waals surface area contributed by atoms with E-state index in [1.54, 1.807) is 11.3 Å². The summed E-state index contributed by atoms with van der Waals surface area (Å²) in [5.74, 6) is 0.270. The van der Waals surface area contributed by atoms with Gasteiger partial charge in [0.15, 0.2) is 0 Å². The molecule has 2 rings (SSSR count). The van der Waals surface area contributed by atoms with Gasteiger partial charge in [-0.25, -0.2) is 0 Å². The second kappa shape index (κ2) is 9.00. The molecule has 114 valence electrons. The van der Waals surface area contributed by atoms with Crippen LogP contribution in [0, 0.1) is 5.92 Å². The summed E-state index contributed by atoms with van der Waals surface area (Å²) < 4.78 is 1.16. The van der Waals surface area contributed by atoms with Crippen molar-refractivity contribution in [3.05, 3.63) is 20.8 Å². The topological polar surface area (TPSA) is 58.4 Å². The lowest BCUT2D eigenvalue weighted by molar-refractivity contribution is -0.126. The number of thiophene rings is 1. The van der Waals surface area contributed by atoms with Crippen molar-refractivity contribution in [2.75, 3.05) is 26.2 Å². The largest absolute Gasteiger partial charge is 0.355 e. The Morgan fingerprint density at radius 1 is 1.55 bits per heavy atom. The van der Waals surface area contributed by atoms with Crippen LogP contribution in [0.4, 0.5) is 0 Å². The zero-order valence-electron chi connectivity index (χ0n) is 11.3. The molecule has 0 spiro atoms. The number of nitrogens with one attached hydrogen (secondary N) is 1. The van der Waals surface area contributed by atoms with Gasteiger partial charge in [-0.1, -0.05) is 0 Å². The quantitative estimate of drug-likeness (QED) is 0.821. The number of likely N-dealkylation sites (tertiary alicyclic amines) is 1. The second-order valence-electron chi connectivity index (χ2n) is 4.86. The third-order valence-electron chi connectivity index (χ3n) is 3.33. The molecule has 7 heteroatoms. The van der Waals surface area contributed by atoms with Gasteiger partial charge in [0, 0.05) is 31.1 Å². The Morgan fingerprint density at radius 3 is 3.00 bits per heavy atom. The molecule has 20 heavy (non-hydrogen) atoms. The minimum atomic E-state index is 0. The average Bonchev–Trinajstić information content (AvgIpc) is 2.81. The fourth-order valence-electron chi connectivity index (χ4n) is 2.41. The smallest absolute Gasteiger partial charge is 0.224 e. The summed E-state index contributed by atoms with van der Waals surface area (Å²) in [5, 5.41) is 2.90. The Hall–Kier alpha value is -0.140. The van der Waals surface area contributed by atoms with Gasteiger partial charge in [0.2, 0.25) is 5.91 Å². The molecule has 0 aliphatic carbocycles. The van der Waals surface area contributed by atoms with Crippen molar-refractivity contribution in [1.29, 1.82) is 0 Å². The number of rotatable bonds is 5. The minimum absolute atomic E-state index is 0. The summed E-state index contributed by atoms with van der Waals surface area (Å²) in [6, 6.07) is 4.22. The van der Waals surface area contributed by atoms with E-state index in [9.17, 15) is 4.79 Å². The summed E-state index contributed by atoms with van der Waals surface area (Å²) in [6.45, 7) is 3.96. The van der Waals surface area contributed by atoms with Gasteiger partial charge in [0.25, 0.3) is 0 Å². The average molecular weight is 383 g/mol. The number of hydrogen-bond acceptors (Lipinski definition) is 4. The van der Waals surface area contributed by atoms with Gasteiger partial charge < -0.3 is 11.1 Å². The van der Waals surface area contributed by atoms with Crippen molar-refractivity contribution >= 4 is 45.6 Å². The van der Waals surface area contributed by atoms with Crippen molar-refractivity contribution in [1.82, 2.24) is 10.2 Å². The highest BCUT2D eigenvalue weighted by Crippen LogP contribution is 2.25. The summed E-state index contributed by atoms with van der Waals surface area (Å²) in [5.41, 5.74) is 5.41. The molecule has 1 aromatic rings. The van der Waals surface area contributed by atoms with Gasteiger partial charge in [0.05, 0.1) is 9.70 Å². The van der Waals surface area contributed by atoms with E-state index in [2.05, 4.69) is 38.3 Å². The first-order valence-corrected chi connectivity index (χ1v) is 8.24. The van der Waals surface area contributed by atoms with E-state index in [1.165, 1.54) is 4.88 Å². The van der Waals surface area contributed by atoms with E-state index in [4.69, 9.17) is 5.73 Å². The van der Waals surface area contributed by atoms with Crippen molar-refractivity contribution < 1.29 is 4.79 Å². The standard InChI is InChI=1S/C13H20BrN3OS.ClH/c14-12-4-3-11(19-12)9-17-7-1-2-10(8-17)13(18)16-6-5-15;/h3-4,10H,1-2,5-9,15H2,(H,16,18);1H. The molecule has 1 amide bonds. The monoisotopic (exact) mass is 381 g/mol. The van der Waals surface area contributed by atoms with Gasteiger partial charge in [-0.2, -0.15) is 0 Å². The SMILES string of the molecule is Cl.NCCNC(=O)C1CCCN(Cc2ccc(Br)s2)C1. The lowest BCUT2D eigenvalue weighted by Crippen LogP contribution is -2.43. The summed E-state index contributed by atoms with van der Waals surface area (Å²) in [6.07, 6.45) is 2.08. The highest BCUT2D eigenvalue weighted by molar-refractivity contribution is 9.11. The number of nitrogens with zero attached hydrogens (tertiary/aromatic N) is 1. The molecule has 2 heterocycles. The lowest BCUT2D eigenvalue weighted by Gasteiger charge is -2.31. The van der Waals surface area contributed by atoms with Crippen LogP contribution < -0.4 is 11.1 Å². The fraction of sp³-hybridized carbons (Fsp3) is 0.615. The molecule has 1 unspecified atom stereocenters. The third kappa shape index (κ3) is 5.33. The van der Waals surface area contributed by atoms with Crippen LogP contribution in [-0.2, 0) is 11.3 Å². The van der Waals surface area contributed by atoms with Gasteiger partial charge >= 0.3 is 0 Å². The first-order chi connectivity index (χ1) is 9.19. The number of nitrogens with two attached hydrogens (primary N) is 1. The van der Waals surface area contributed by atoms with Crippen molar-refractivity contribution in [2.24, 2.45) is 11.7 Å². The molecule has 1 aliphatic rings. The van der Waals surface area contributed by atoms with Crippen LogP contribution in [0.3, 0.4) is 0 Å². The van der Waals surface area contributed by atoms with Crippen LogP contribution in [0.2, 0.25) is 0 Å². The predicted octanol–water partition coefficient (Wildman–Crippen LogP) is 2.22. The van der Waals surface area contributed by atoms with Crippen LogP contribution in [0.15, 0.2) is 15.9 Å². The highest BCUT2D eigenvalue weighted by atomic mass is 79.9. The number of carbonyl (C=O) groups is 1. The molecule has 4 nitrogen and oxygen atoms in total. The first-order valence-electron chi connectivity index (χ1n) is 6.63. The molecule has 1 saturated heterocycles. The second-order valence-corrected chi connectivity index (χ2v) is 7.41. The number of amides is 1. The number of hydrogen-bond donors (Lipinski definition) is 2. The Kier molecular flexibility index (Phi) is 8.06. The van der Waals surface area contributed by atoms with Crippen LogP contribution in [0.5, 0.6) is 0 Å². The maximum absolute atomic E-state index is 12.0. The predicted molar refractivity (Wildman–Crippen MR) is 89.3 cm³/mol. The molecule has 1 aliphatic heterocycles. The molecule has 0 radical (unpaired) electrons. The lowest BCUT2D eigenvalue weighted by atomic mass is 9.97. The highest BCUT2D eigenvalue weighted by Gasteiger charge is 2.25. The number of halogens is 2. The van der Waals surface area contributed by atoms with E-state index in [-0.39, 0.29) is 24.2 Å². The van der Waals surface area contributed by atoms with E-state index < -0.39 is 0 Å². The molecule has 0 bridgehead atoms. The number of piperidine rings is 1. The summed E-state index contributed by atoms with van der Waals surface area (Å²) >= 11 is 5.25. The zero-order chi connectivity index (χ0) is 13.7. The van der Waals surface area contributed by atoms with Gasteiger partial charge in [-0.3, -0.25) is 9.69 Å². The third-order valence-corrected chi connectivity index (χ3v) is 4.94. The van der Waals surface area contributed by atoms with Gasteiger partial charge in [-0.15, -0.1) is 23.7 Å². The summed E-state index contributed by atoms with van der Waals surface area (Å²) in [4.78, 5) is 15.7. The molecule has 0 aromatic carbocycles. The molecule has 1 atom stereocenters. The molecular weight excluding hydrogens is 362 g/mol. The van der Waals surface area contributed by atoms with E-state index in [0.29, 0.717) is 13.1 Å². The maximum Gasteiger partial charge on any atom is 0.224 e. The first kappa shape index (κ1) is 17.9. The van der Waals surface area contributed by atoms with Crippen molar-refractivity contribution in [2.45, 2.75) is 19.4 Å². The Morgan fingerprint density at radius 2 is 2.35 bits per heavy atom. The Bertz CT molecular complexity index is 430. The Labute approximate surface area is 138 Å². The molecular formula is C13H21BrClN3OS. The van der Waals surface area contributed by atoms with E-state index >= 15 is 0 Å². The van der Waals surface area contributed by atoms with Gasteiger partial charge in [-0.05, 0) is 47.4 Å². The van der Waals surface area contributed by atoms with Gasteiger partial charge in [0.1, 0.15) is 0 Å². The fourth-order valence-corrected chi connectivity index (χ4v) is 3.94. The Balaban J connectivity index is 0.00000200. The van der Waals surface area contributed by atoms with Crippen LogP contribution in [0.1, 0.15) is 17.7 Å². The maximum atomic E-state index is 12.0. The molecule has 1 aromatic heterocycles. The number of carbonyl (C=O) groups excluding carboxylic acids is 1. The van der Waals surface area contributed by atoms with Crippen LogP contribution >= 0.6 is 39.7 Å². The van der Waals surface area contributed by atoms with E-state index in [0.717, 1.165) is 36.3 Å². The minimum Gasteiger partial charge on any atom is -0.355 e. The van der Waals surface area contributed by atoms with Crippen molar-refractivity contribution in [3.8, 4) is 0 Å². The molecule has 1 fully saturated rings. The zero-order valence-corrected chi connectivity index (χ0v) is 14.5. The van der Waals surface area contributed by atoms with Crippen LogP contribution in [0.25, 0.3) is 0 Å².